The fourth-order valence-corrected chi connectivity index (χ4v) is 2.91. The smallest absolute Gasteiger partial charge is 0.333 e. The summed E-state index contributed by atoms with van der Waals surface area (Å²) in [6.07, 6.45) is 0.638. The summed E-state index contributed by atoms with van der Waals surface area (Å²) in [6.45, 7) is 1.88. The van der Waals surface area contributed by atoms with E-state index in [0.29, 0.717) is 34.0 Å². The number of nitrogens with zero attached hydrogens (tertiary/aromatic N) is 1. The molecule has 0 radical (unpaired) electrons. The summed E-state index contributed by atoms with van der Waals surface area (Å²) in [5, 5.41) is 21.6. The molecule has 0 heterocycles. The highest BCUT2D eigenvalue weighted by molar-refractivity contribution is 6.30. The second kappa shape index (κ2) is 9.81. The summed E-state index contributed by atoms with van der Waals surface area (Å²) in [7, 11) is 1.30. The molecule has 0 aromatic heterocycles. The quantitative estimate of drug-likeness (QED) is 0.673. The van der Waals surface area contributed by atoms with Crippen molar-refractivity contribution in [2.45, 2.75) is 19.4 Å². The van der Waals surface area contributed by atoms with Crippen LogP contribution >= 0.6 is 11.6 Å². The standard InChI is InChI=1S/C20H21ClN2O4/c1-3-14-10-15(21)11-17(19(14)27-9-8-24)18(20(25)26-2)23-16-6-4-13(12-22)5-7-16/h4-7,10-11,18,23-24H,3,8-9H2,1-2H3. The van der Waals surface area contributed by atoms with Crippen LogP contribution in [0.3, 0.4) is 0 Å². The third kappa shape index (κ3) is 5.13. The monoisotopic (exact) mass is 388 g/mol. The molecule has 0 amide bonds. The van der Waals surface area contributed by atoms with Gasteiger partial charge in [0.2, 0.25) is 0 Å². The molecule has 142 valence electrons. The number of nitrogens with one attached hydrogen (secondary N) is 1. The predicted molar refractivity (Wildman–Crippen MR) is 103 cm³/mol. The molecule has 2 N–H and O–H groups in total. The fraction of sp³-hybridized carbons (Fsp3) is 0.300. The van der Waals surface area contributed by atoms with Gasteiger partial charge in [-0.3, -0.25) is 0 Å². The highest BCUT2D eigenvalue weighted by Crippen LogP contribution is 2.35. The number of methoxy groups -OCH3 is 1. The molecule has 0 spiro atoms. The Morgan fingerprint density at radius 1 is 1.33 bits per heavy atom. The summed E-state index contributed by atoms with van der Waals surface area (Å²) < 4.78 is 10.7. The summed E-state index contributed by atoms with van der Waals surface area (Å²) in [5.74, 6) is -0.0231. The Bertz CT molecular complexity index is 831. The number of aliphatic hydroxyl groups excluding tert-OH is 1. The molecule has 0 saturated heterocycles. The van der Waals surface area contributed by atoms with Crippen molar-refractivity contribution in [3.8, 4) is 11.8 Å². The van der Waals surface area contributed by atoms with Gasteiger partial charge < -0.3 is 19.9 Å². The van der Waals surface area contributed by atoms with Crippen molar-refractivity contribution in [1.82, 2.24) is 0 Å². The van der Waals surface area contributed by atoms with Gasteiger partial charge in [0.15, 0.2) is 6.04 Å². The number of carbonyl (C=O) groups is 1. The van der Waals surface area contributed by atoms with Crippen molar-refractivity contribution in [3.05, 3.63) is 58.1 Å². The van der Waals surface area contributed by atoms with Crippen LogP contribution in [0, 0.1) is 11.3 Å². The summed E-state index contributed by atoms with van der Waals surface area (Å²) in [6, 6.07) is 11.3. The number of esters is 1. The van der Waals surface area contributed by atoms with Gasteiger partial charge in [0.05, 0.1) is 25.3 Å². The number of carbonyl (C=O) groups excluding carboxylic acids is 1. The zero-order valence-electron chi connectivity index (χ0n) is 15.2. The maximum Gasteiger partial charge on any atom is 0.333 e. The first kappa shape index (κ1) is 20.6. The van der Waals surface area contributed by atoms with E-state index in [1.54, 1.807) is 36.4 Å². The van der Waals surface area contributed by atoms with Crippen LogP contribution in [-0.2, 0) is 16.0 Å². The van der Waals surface area contributed by atoms with E-state index in [1.807, 2.05) is 13.0 Å². The Labute approximate surface area is 163 Å². The fourth-order valence-electron chi connectivity index (χ4n) is 2.66. The molecule has 6 nitrogen and oxygen atoms in total. The molecular formula is C20H21ClN2O4. The maximum atomic E-state index is 12.5. The number of hydrogen-bond donors (Lipinski definition) is 2. The topological polar surface area (TPSA) is 91.6 Å². The number of benzene rings is 2. The van der Waals surface area contributed by atoms with E-state index < -0.39 is 12.0 Å². The van der Waals surface area contributed by atoms with Crippen molar-refractivity contribution in [2.24, 2.45) is 0 Å². The Morgan fingerprint density at radius 3 is 2.59 bits per heavy atom. The number of hydrogen-bond acceptors (Lipinski definition) is 6. The highest BCUT2D eigenvalue weighted by Gasteiger charge is 2.27. The molecular weight excluding hydrogens is 368 g/mol. The van der Waals surface area contributed by atoms with Crippen LogP contribution in [0.15, 0.2) is 36.4 Å². The third-order valence-electron chi connectivity index (χ3n) is 3.95. The molecule has 2 aromatic carbocycles. The van der Waals surface area contributed by atoms with E-state index in [4.69, 9.17) is 31.4 Å². The van der Waals surface area contributed by atoms with E-state index >= 15 is 0 Å². The lowest BCUT2D eigenvalue weighted by atomic mass is 10.00. The Hall–Kier alpha value is -2.75. The van der Waals surface area contributed by atoms with Crippen molar-refractivity contribution in [2.75, 3.05) is 25.6 Å². The predicted octanol–water partition coefficient (Wildman–Crippen LogP) is 3.47. The van der Waals surface area contributed by atoms with E-state index in [1.165, 1.54) is 7.11 Å². The molecule has 0 aliphatic carbocycles. The molecule has 1 atom stereocenters. The van der Waals surface area contributed by atoms with E-state index in [-0.39, 0.29) is 13.2 Å². The van der Waals surface area contributed by atoms with E-state index in [2.05, 4.69) is 5.32 Å². The van der Waals surface area contributed by atoms with Crippen molar-refractivity contribution >= 4 is 23.3 Å². The van der Waals surface area contributed by atoms with Gasteiger partial charge in [-0.25, -0.2) is 4.79 Å². The molecule has 2 aromatic rings. The summed E-state index contributed by atoms with van der Waals surface area (Å²) in [5.41, 5.74) is 2.49. The number of ether oxygens (including phenoxy) is 2. The molecule has 1 unspecified atom stereocenters. The normalized spacial score (nSPS) is 11.4. The molecule has 0 aliphatic heterocycles. The van der Waals surface area contributed by atoms with Crippen LogP contribution in [-0.4, -0.2) is 31.4 Å². The van der Waals surface area contributed by atoms with Crippen LogP contribution in [0.4, 0.5) is 5.69 Å². The van der Waals surface area contributed by atoms with Crippen molar-refractivity contribution in [3.63, 3.8) is 0 Å². The molecule has 0 bridgehead atoms. The highest BCUT2D eigenvalue weighted by atomic mass is 35.5. The number of rotatable bonds is 8. The molecule has 0 aliphatic rings. The number of halogens is 1. The Kier molecular flexibility index (Phi) is 7.47. The molecule has 7 heteroatoms. The minimum Gasteiger partial charge on any atom is -0.491 e. The van der Waals surface area contributed by atoms with Gasteiger partial charge in [0, 0.05) is 16.3 Å². The van der Waals surface area contributed by atoms with Gasteiger partial charge in [-0.1, -0.05) is 18.5 Å². The second-order valence-corrected chi connectivity index (χ2v) is 6.13. The third-order valence-corrected chi connectivity index (χ3v) is 4.17. The van der Waals surface area contributed by atoms with E-state index in [9.17, 15) is 4.79 Å². The number of anilines is 1. The van der Waals surface area contributed by atoms with Crippen molar-refractivity contribution in [1.29, 1.82) is 5.26 Å². The van der Waals surface area contributed by atoms with E-state index in [0.717, 1.165) is 5.56 Å². The maximum absolute atomic E-state index is 12.5. The van der Waals surface area contributed by atoms with Gasteiger partial charge in [-0.15, -0.1) is 0 Å². The number of aliphatic hydroxyl groups is 1. The van der Waals surface area contributed by atoms with Crippen LogP contribution in [0.2, 0.25) is 5.02 Å². The average molecular weight is 389 g/mol. The SMILES string of the molecule is CCc1cc(Cl)cc(C(Nc2ccc(C#N)cc2)C(=O)OC)c1OCCO. The number of aryl methyl sites for hydroxylation is 1. The minimum atomic E-state index is -0.874. The molecule has 0 saturated carbocycles. The average Bonchev–Trinajstić information content (AvgIpc) is 2.70. The lowest BCUT2D eigenvalue weighted by Gasteiger charge is -2.23. The first-order valence-electron chi connectivity index (χ1n) is 8.44. The van der Waals surface area contributed by atoms with Crippen molar-refractivity contribution < 1.29 is 19.4 Å². The lowest BCUT2D eigenvalue weighted by Crippen LogP contribution is -2.24. The first-order valence-corrected chi connectivity index (χ1v) is 8.82. The second-order valence-electron chi connectivity index (χ2n) is 5.70. The lowest BCUT2D eigenvalue weighted by molar-refractivity contribution is -0.141. The first-order chi connectivity index (χ1) is 13.0. The zero-order chi connectivity index (χ0) is 19.8. The summed E-state index contributed by atoms with van der Waals surface area (Å²) >= 11 is 6.25. The van der Waals surface area contributed by atoms with Gasteiger partial charge >= 0.3 is 5.97 Å². The van der Waals surface area contributed by atoms with Crippen LogP contribution < -0.4 is 10.1 Å². The van der Waals surface area contributed by atoms with Gasteiger partial charge in [0.25, 0.3) is 0 Å². The molecule has 2 rings (SSSR count). The largest absolute Gasteiger partial charge is 0.491 e. The molecule has 27 heavy (non-hydrogen) atoms. The summed E-state index contributed by atoms with van der Waals surface area (Å²) in [4.78, 5) is 12.5. The minimum absolute atomic E-state index is 0.0897. The van der Waals surface area contributed by atoms with Gasteiger partial charge in [0.1, 0.15) is 12.4 Å². The zero-order valence-corrected chi connectivity index (χ0v) is 15.9. The van der Waals surface area contributed by atoms with Crippen LogP contribution in [0.5, 0.6) is 5.75 Å². The van der Waals surface area contributed by atoms with Crippen LogP contribution in [0.1, 0.15) is 29.7 Å². The number of nitriles is 1. The Morgan fingerprint density at radius 2 is 2.04 bits per heavy atom. The van der Waals surface area contributed by atoms with Gasteiger partial charge in [-0.05, 0) is 48.4 Å². The van der Waals surface area contributed by atoms with Gasteiger partial charge in [-0.2, -0.15) is 5.26 Å². The molecule has 0 fully saturated rings. The van der Waals surface area contributed by atoms with Crippen LogP contribution in [0.25, 0.3) is 0 Å². The Balaban J connectivity index is 2.50.